The van der Waals surface area contributed by atoms with Crippen LogP contribution in [0.3, 0.4) is 0 Å². The summed E-state index contributed by atoms with van der Waals surface area (Å²) in [7, 11) is 0. The van der Waals surface area contributed by atoms with Crippen molar-refractivity contribution in [2.75, 3.05) is 6.61 Å². The van der Waals surface area contributed by atoms with Crippen molar-refractivity contribution in [3.63, 3.8) is 0 Å². The number of hydrogen-bond donors (Lipinski definition) is 2. The van der Waals surface area contributed by atoms with Gasteiger partial charge in [0.2, 0.25) is 0 Å². The molecule has 0 aliphatic heterocycles. The van der Waals surface area contributed by atoms with Crippen LogP contribution in [0.2, 0.25) is 0 Å². The van der Waals surface area contributed by atoms with Gasteiger partial charge in [-0.2, -0.15) is 20.1 Å². The third kappa shape index (κ3) is 4.59. The number of nitrogens with one attached hydrogen (secondary N) is 1. The molecule has 0 fully saturated rings. The molecule has 156 valence electrons. The van der Waals surface area contributed by atoms with Gasteiger partial charge < -0.3 is 9.84 Å². The first kappa shape index (κ1) is 21.3. The molecule has 9 heteroatoms. The lowest BCUT2D eigenvalue weighted by Gasteiger charge is -2.11. The maximum Gasteiger partial charge on any atom is 0.292 e. The molecule has 0 atom stereocenters. The van der Waals surface area contributed by atoms with E-state index >= 15 is 0 Å². The SMILES string of the molecule is CCOc1ccc(-n2nc(C(=O)N/N=C/c3ccccc3O)c(C)c(C#N)c2=O)cc1. The van der Waals surface area contributed by atoms with Crippen LogP contribution in [0.15, 0.2) is 58.4 Å². The Hall–Kier alpha value is -4.45. The molecule has 3 aromatic rings. The molecule has 31 heavy (non-hydrogen) atoms. The summed E-state index contributed by atoms with van der Waals surface area (Å²) in [5.74, 6) is -0.0886. The second-order valence-electron chi connectivity index (χ2n) is 6.36. The molecule has 0 saturated heterocycles. The van der Waals surface area contributed by atoms with Gasteiger partial charge in [0.05, 0.1) is 18.5 Å². The molecule has 0 bridgehead atoms. The number of hydrogen-bond acceptors (Lipinski definition) is 7. The average Bonchev–Trinajstić information content (AvgIpc) is 2.76. The number of aromatic hydroxyl groups is 1. The van der Waals surface area contributed by atoms with Gasteiger partial charge in [0.25, 0.3) is 11.5 Å². The largest absolute Gasteiger partial charge is 0.507 e. The molecule has 3 rings (SSSR count). The molecular formula is C22H19N5O4. The molecular weight excluding hydrogens is 398 g/mol. The summed E-state index contributed by atoms with van der Waals surface area (Å²) < 4.78 is 6.37. The number of para-hydroxylation sites is 1. The molecule has 1 amide bonds. The predicted octanol–water partition coefficient (Wildman–Crippen LogP) is 2.28. The summed E-state index contributed by atoms with van der Waals surface area (Å²) in [4.78, 5) is 25.3. The number of phenolic OH excluding ortho intramolecular Hbond substituents is 1. The van der Waals surface area contributed by atoms with Crippen LogP contribution in [-0.4, -0.2) is 33.6 Å². The van der Waals surface area contributed by atoms with Gasteiger partial charge in [-0.15, -0.1) is 0 Å². The highest BCUT2D eigenvalue weighted by molar-refractivity contribution is 5.95. The second-order valence-corrected chi connectivity index (χ2v) is 6.36. The summed E-state index contributed by atoms with van der Waals surface area (Å²) in [5.41, 5.74) is 2.26. The number of phenols is 1. The van der Waals surface area contributed by atoms with E-state index < -0.39 is 11.5 Å². The van der Waals surface area contributed by atoms with Crippen molar-refractivity contribution in [3.05, 3.63) is 81.3 Å². The number of carbonyl (C=O) groups is 1. The van der Waals surface area contributed by atoms with E-state index in [-0.39, 0.29) is 22.6 Å². The van der Waals surface area contributed by atoms with E-state index in [1.165, 1.54) is 19.2 Å². The number of carbonyl (C=O) groups excluding carboxylic acids is 1. The molecule has 0 spiro atoms. The van der Waals surface area contributed by atoms with Gasteiger partial charge in [0, 0.05) is 11.1 Å². The van der Waals surface area contributed by atoms with E-state index in [1.54, 1.807) is 42.5 Å². The van der Waals surface area contributed by atoms with Crippen molar-refractivity contribution in [1.82, 2.24) is 15.2 Å². The molecule has 9 nitrogen and oxygen atoms in total. The van der Waals surface area contributed by atoms with Crippen molar-refractivity contribution in [1.29, 1.82) is 5.26 Å². The van der Waals surface area contributed by atoms with E-state index in [9.17, 15) is 20.0 Å². The fourth-order valence-electron chi connectivity index (χ4n) is 2.79. The van der Waals surface area contributed by atoms with E-state index in [4.69, 9.17) is 4.74 Å². The number of amides is 1. The summed E-state index contributed by atoms with van der Waals surface area (Å²) >= 11 is 0. The molecule has 0 aliphatic rings. The Labute approximate surface area is 177 Å². The Balaban J connectivity index is 1.95. The van der Waals surface area contributed by atoms with Gasteiger partial charge in [-0.25, -0.2) is 5.43 Å². The Kier molecular flexibility index (Phi) is 6.42. The monoisotopic (exact) mass is 417 g/mol. The first-order valence-electron chi connectivity index (χ1n) is 9.35. The minimum Gasteiger partial charge on any atom is -0.507 e. The number of aromatic nitrogens is 2. The van der Waals surface area contributed by atoms with Gasteiger partial charge in [-0.1, -0.05) is 12.1 Å². The quantitative estimate of drug-likeness (QED) is 0.467. The zero-order valence-corrected chi connectivity index (χ0v) is 16.9. The minimum atomic E-state index is -0.708. The van der Waals surface area contributed by atoms with E-state index in [2.05, 4.69) is 15.6 Å². The Morgan fingerprint density at radius 2 is 2.00 bits per heavy atom. The normalized spacial score (nSPS) is 10.6. The van der Waals surface area contributed by atoms with Crippen LogP contribution < -0.4 is 15.7 Å². The van der Waals surface area contributed by atoms with Crippen molar-refractivity contribution in [2.45, 2.75) is 13.8 Å². The zero-order valence-electron chi connectivity index (χ0n) is 16.9. The Morgan fingerprint density at radius 1 is 1.29 bits per heavy atom. The van der Waals surface area contributed by atoms with Crippen LogP contribution >= 0.6 is 0 Å². The Bertz CT molecular complexity index is 1240. The van der Waals surface area contributed by atoms with Crippen LogP contribution in [0.4, 0.5) is 0 Å². The van der Waals surface area contributed by atoms with Crippen LogP contribution in [0.1, 0.15) is 34.1 Å². The average molecular weight is 417 g/mol. The van der Waals surface area contributed by atoms with Gasteiger partial charge in [-0.3, -0.25) is 9.59 Å². The molecule has 1 aromatic heterocycles. The molecule has 0 aliphatic carbocycles. The second kappa shape index (κ2) is 9.37. The fourth-order valence-corrected chi connectivity index (χ4v) is 2.79. The summed E-state index contributed by atoms with van der Waals surface area (Å²) in [6.07, 6.45) is 1.27. The van der Waals surface area contributed by atoms with Crippen molar-refractivity contribution in [2.24, 2.45) is 5.10 Å². The molecule has 0 saturated carbocycles. The highest BCUT2D eigenvalue weighted by Gasteiger charge is 2.20. The minimum absolute atomic E-state index is 0.00520. The lowest BCUT2D eigenvalue weighted by Crippen LogP contribution is -2.31. The zero-order chi connectivity index (χ0) is 22.4. The first-order valence-corrected chi connectivity index (χ1v) is 9.35. The topological polar surface area (TPSA) is 130 Å². The van der Waals surface area contributed by atoms with Gasteiger partial charge in [0.1, 0.15) is 23.1 Å². The smallest absolute Gasteiger partial charge is 0.292 e. The molecule has 1 heterocycles. The lowest BCUT2D eigenvalue weighted by molar-refractivity contribution is 0.0947. The van der Waals surface area contributed by atoms with Crippen LogP contribution in [0.25, 0.3) is 5.69 Å². The number of rotatable bonds is 6. The van der Waals surface area contributed by atoms with Gasteiger partial charge in [-0.05, 0) is 50.2 Å². The highest BCUT2D eigenvalue weighted by Crippen LogP contribution is 2.16. The first-order chi connectivity index (χ1) is 15.0. The number of nitrogens with zero attached hydrogens (tertiary/aromatic N) is 4. The molecule has 0 unspecified atom stereocenters. The van der Waals surface area contributed by atoms with Crippen LogP contribution in [-0.2, 0) is 0 Å². The summed E-state index contributed by atoms with van der Waals surface area (Å²) in [6.45, 7) is 3.81. The van der Waals surface area contributed by atoms with E-state index in [0.717, 1.165) is 4.68 Å². The van der Waals surface area contributed by atoms with Gasteiger partial charge >= 0.3 is 0 Å². The third-order valence-electron chi connectivity index (χ3n) is 4.36. The summed E-state index contributed by atoms with van der Waals surface area (Å²) in [5, 5.41) is 27.2. The standard InChI is InChI=1S/C22H19N5O4/c1-3-31-17-10-8-16(9-11-17)27-22(30)18(12-23)14(2)20(26-27)21(29)25-24-13-15-6-4-5-7-19(15)28/h4-11,13,28H,3H2,1-2H3,(H,25,29)/b24-13+. The summed E-state index contributed by atoms with van der Waals surface area (Å²) in [6, 6.07) is 14.8. The predicted molar refractivity (Wildman–Crippen MR) is 114 cm³/mol. The molecule has 0 radical (unpaired) electrons. The van der Waals surface area contributed by atoms with E-state index in [1.807, 2.05) is 13.0 Å². The Morgan fingerprint density at radius 3 is 2.65 bits per heavy atom. The number of ether oxygens (including phenoxy) is 1. The molecule has 2 N–H and O–H groups in total. The maximum absolute atomic E-state index is 12.7. The van der Waals surface area contributed by atoms with Crippen LogP contribution in [0.5, 0.6) is 11.5 Å². The fraction of sp³-hybridized carbons (Fsp3) is 0.136. The van der Waals surface area contributed by atoms with Crippen molar-refractivity contribution < 1.29 is 14.6 Å². The van der Waals surface area contributed by atoms with Crippen molar-refractivity contribution in [3.8, 4) is 23.3 Å². The molecule has 2 aromatic carbocycles. The number of nitriles is 1. The van der Waals surface area contributed by atoms with Crippen molar-refractivity contribution >= 4 is 12.1 Å². The maximum atomic E-state index is 12.7. The third-order valence-corrected chi connectivity index (χ3v) is 4.36. The number of hydrazone groups is 1. The lowest BCUT2D eigenvalue weighted by atomic mass is 10.1. The highest BCUT2D eigenvalue weighted by atomic mass is 16.5. The van der Waals surface area contributed by atoms with E-state index in [0.29, 0.717) is 23.6 Å². The van der Waals surface area contributed by atoms with Gasteiger partial charge in [0.15, 0.2) is 5.69 Å². The number of benzene rings is 2. The van der Waals surface area contributed by atoms with Crippen LogP contribution in [0, 0.1) is 18.3 Å².